The van der Waals surface area contributed by atoms with Crippen LogP contribution in [0.25, 0.3) is 11.5 Å². The highest BCUT2D eigenvalue weighted by molar-refractivity contribution is 5.58. The Kier molecular flexibility index (Phi) is 4.41. The van der Waals surface area contributed by atoms with Gasteiger partial charge in [-0.25, -0.2) is 4.98 Å². The SMILES string of the molecule is CC(CCC1CC1)Nc1cc(-c2nc(C(C)C)no2)ccn1. The molecule has 0 saturated heterocycles. The Labute approximate surface area is 131 Å². The van der Waals surface area contributed by atoms with Crippen molar-refractivity contribution in [2.75, 3.05) is 5.32 Å². The van der Waals surface area contributed by atoms with E-state index in [1.807, 2.05) is 12.1 Å². The van der Waals surface area contributed by atoms with Crippen LogP contribution in [0, 0.1) is 5.92 Å². The highest BCUT2D eigenvalue weighted by atomic mass is 16.5. The average Bonchev–Trinajstić information content (AvgIpc) is 3.19. The van der Waals surface area contributed by atoms with Gasteiger partial charge in [0, 0.05) is 23.7 Å². The van der Waals surface area contributed by atoms with Crippen LogP contribution in [0.5, 0.6) is 0 Å². The summed E-state index contributed by atoms with van der Waals surface area (Å²) in [5, 5.41) is 7.48. The summed E-state index contributed by atoms with van der Waals surface area (Å²) in [6.07, 6.45) is 7.11. The first-order valence-corrected chi connectivity index (χ1v) is 8.18. The van der Waals surface area contributed by atoms with Crippen molar-refractivity contribution in [2.24, 2.45) is 5.92 Å². The van der Waals surface area contributed by atoms with E-state index in [-0.39, 0.29) is 5.92 Å². The fourth-order valence-electron chi connectivity index (χ4n) is 2.45. The molecule has 2 aromatic rings. The molecule has 22 heavy (non-hydrogen) atoms. The summed E-state index contributed by atoms with van der Waals surface area (Å²) in [6, 6.07) is 4.31. The van der Waals surface area contributed by atoms with E-state index in [4.69, 9.17) is 4.52 Å². The van der Waals surface area contributed by atoms with Gasteiger partial charge in [0.2, 0.25) is 0 Å². The van der Waals surface area contributed by atoms with E-state index in [0.717, 1.165) is 23.1 Å². The summed E-state index contributed by atoms with van der Waals surface area (Å²) in [4.78, 5) is 8.82. The van der Waals surface area contributed by atoms with Gasteiger partial charge in [0.15, 0.2) is 5.82 Å². The van der Waals surface area contributed by atoms with Crippen LogP contribution in [-0.2, 0) is 0 Å². The van der Waals surface area contributed by atoms with Gasteiger partial charge in [0.1, 0.15) is 5.82 Å². The second-order valence-electron chi connectivity index (χ2n) is 6.61. The molecule has 1 aliphatic rings. The van der Waals surface area contributed by atoms with E-state index in [9.17, 15) is 0 Å². The molecule has 1 unspecified atom stereocenters. The molecule has 1 N–H and O–H groups in total. The normalized spacial score (nSPS) is 16.0. The highest BCUT2D eigenvalue weighted by Crippen LogP contribution is 2.34. The number of hydrogen-bond donors (Lipinski definition) is 1. The number of nitrogens with one attached hydrogen (secondary N) is 1. The van der Waals surface area contributed by atoms with Gasteiger partial charge in [-0.1, -0.05) is 31.8 Å². The lowest BCUT2D eigenvalue weighted by atomic mass is 10.1. The first kappa shape index (κ1) is 15.0. The zero-order valence-electron chi connectivity index (χ0n) is 13.5. The maximum Gasteiger partial charge on any atom is 0.258 e. The summed E-state index contributed by atoms with van der Waals surface area (Å²) in [5.41, 5.74) is 0.909. The van der Waals surface area contributed by atoms with Crippen molar-refractivity contribution in [3.05, 3.63) is 24.2 Å². The van der Waals surface area contributed by atoms with Gasteiger partial charge in [-0.05, 0) is 37.8 Å². The van der Waals surface area contributed by atoms with Crippen LogP contribution in [0.4, 0.5) is 5.82 Å². The van der Waals surface area contributed by atoms with Gasteiger partial charge >= 0.3 is 0 Å². The van der Waals surface area contributed by atoms with Crippen molar-refractivity contribution in [3.8, 4) is 11.5 Å². The molecule has 1 saturated carbocycles. The minimum Gasteiger partial charge on any atom is -0.368 e. The van der Waals surface area contributed by atoms with Crippen LogP contribution in [0.3, 0.4) is 0 Å². The first-order chi connectivity index (χ1) is 10.6. The molecule has 0 radical (unpaired) electrons. The molecule has 5 heteroatoms. The molecule has 0 bridgehead atoms. The Balaban J connectivity index is 1.65. The van der Waals surface area contributed by atoms with Crippen molar-refractivity contribution in [2.45, 2.75) is 58.4 Å². The van der Waals surface area contributed by atoms with Gasteiger partial charge in [-0.15, -0.1) is 0 Å². The van der Waals surface area contributed by atoms with Gasteiger partial charge < -0.3 is 9.84 Å². The van der Waals surface area contributed by atoms with E-state index >= 15 is 0 Å². The Hall–Kier alpha value is -1.91. The molecule has 2 heterocycles. The molecule has 0 aliphatic heterocycles. The summed E-state index contributed by atoms with van der Waals surface area (Å²) < 4.78 is 5.34. The monoisotopic (exact) mass is 300 g/mol. The molecule has 0 aromatic carbocycles. The lowest BCUT2D eigenvalue weighted by molar-refractivity contribution is 0.419. The molecule has 118 valence electrons. The largest absolute Gasteiger partial charge is 0.368 e. The molecular weight excluding hydrogens is 276 g/mol. The molecule has 1 atom stereocenters. The molecular formula is C17H24N4O. The summed E-state index contributed by atoms with van der Waals surface area (Å²) in [6.45, 7) is 6.31. The number of aromatic nitrogens is 3. The van der Waals surface area contributed by atoms with Crippen molar-refractivity contribution >= 4 is 5.82 Å². The maximum atomic E-state index is 5.34. The lowest BCUT2D eigenvalue weighted by Gasteiger charge is -2.14. The second kappa shape index (κ2) is 6.46. The smallest absolute Gasteiger partial charge is 0.258 e. The van der Waals surface area contributed by atoms with Crippen LogP contribution in [-0.4, -0.2) is 21.2 Å². The van der Waals surface area contributed by atoms with E-state index in [1.165, 1.54) is 25.7 Å². The Bertz CT molecular complexity index is 619. The van der Waals surface area contributed by atoms with E-state index in [0.29, 0.717) is 11.9 Å². The van der Waals surface area contributed by atoms with Crippen molar-refractivity contribution < 1.29 is 4.52 Å². The quantitative estimate of drug-likeness (QED) is 0.828. The minimum atomic E-state index is 0.263. The average molecular weight is 300 g/mol. The number of rotatable bonds is 7. The summed E-state index contributed by atoms with van der Waals surface area (Å²) >= 11 is 0. The van der Waals surface area contributed by atoms with Crippen molar-refractivity contribution in [3.63, 3.8) is 0 Å². The second-order valence-corrected chi connectivity index (χ2v) is 6.61. The molecule has 2 aromatic heterocycles. The first-order valence-electron chi connectivity index (χ1n) is 8.18. The summed E-state index contributed by atoms with van der Waals surface area (Å²) in [7, 11) is 0. The molecule has 0 spiro atoms. The topological polar surface area (TPSA) is 63.8 Å². The number of nitrogens with zero attached hydrogens (tertiary/aromatic N) is 3. The number of pyridine rings is 1. The van der Waals surface area contributed by atoms with Crippen LogP contribution < -0.4 is 5.32 Å². The van der Waals surface area contributed by atoms with Crippen LogP contribution >= 0.6 is 0 Å². The van der Waals surface area contributed by atoms with Crippen molar-refractivity contribution in [1.82, 2.24) is 15.1 Å². The Morgan fingerprint density at radius 2 is 2.14 bits per heavy atom. The summed E-state index contributed by atoms with van der Waals surface area (Å²) in [5.74, 6) is 3.39. The number of anilines is 1. The number of hydrogen-bond acceptors (Lipinski definition) is 5. The Morgan fingerprint density at radius 1 is 1.32 bits per heavy atom. The Morgan fingerprint density at radius 3 is 2.82 bits per heavy atom. The highest BCUT2D eigenvalue weighted by Gasteiger charge is 2.21. The molecule has 1 fully saturated rings. The van der Waals surface area contributed by atoms with E-state index in [2.05, 4.69) is 41.2 Å². The van der Waals surface area contributed by atoms with E-state index in [1.54, 1.807) is 6.20 Å². The van der Waals surface area contributed by atoms with Gasteiger partial charge in [-0.2, -0.15) is 4.98 Å². The predicted molar refractivity (Wildman–Crippen MR) is 86.7 cm³/mol. The van der Waals surface area contributed by atoms with Crippen LogP contribution in [0.1, 0.15) is 58.2 Å². The zero-order valence-corrected chi connectivity index (χ0v) is 13.5. The zero-order chi connectivity index (χ0) is 15.5. The van der Waals surface area contributed by atoms with Crippen molar-refractivity contribution in [1.29, 1.82) is 0 Å². The predicted octanol–water partition coefficient (Wildman–Crippen LogP) is 4.25. The minimum absolute atomic E-state index is 0.263. The van der Waals surface area contributed by atoms with Crippen LogP contribution in [0.15, 0.2) is 22.9 Å². The third-order valence-electron chi connectivity index (χ3n) is 4.06. The maximum absolute atomic E-state index is 5.34. The lowest BCUT2D eigenvalue weighted by Crippen LogP contribution is -2.16. The molecule has 5 nitrogen and oxygen atoms in total. The van der Waals surface area contributed by atoms with Crippen LogP contribution in [0.2, 0.25) is 0 Å². The standard InChI is InChI=1S/C17H24N4O/c1-11(2)16-20-17(22-21-16)14-8-9-18-15(10-14)19-12(3)4-5-13-6-7-13/h8-13H,4-7H2,1-3H3,(H,18,19). The third-order valence-corrected chi connectivity index (χ3v) is 4.06. The molecule has 0 amide bonds. The fraction of sp³-hybridized carbons (Fsp3) is 0.588. The molecule has 3 rings (SSSR count). The molecule has 1 aliphatic carbocycles. The van der Waals surface area contributed by atoms with Gasteiger partial charge in [0.25, 0.3) is 5.89 Å². The van der Waals surface area contributed by atoms with Gasteiger partial charge in [-0.3, -0.25) is 0 Å². The van der Waals surface area contributed by atoms with Gasteiger partial charge in [0.05, 0.1) is 0 Å². The van der Waals surface area contributed by atoms with E-state index < -0.39 is 0 Å². The fourth-order valence-corrected chi connectivity index (χ4v) is 2.45. The third kappa shape index (κ3) is 3.84.